The summed E-state index contributed by atoms with van der Waals surface area (Å²) in [7, 11) is 1.33. The molecule has 0 unspecified atom stereocenters. The van der Waals surface area contributed by atoms with E-state index in [0.29, 0.717) is 16.9 Å². The van der Waals surface area contributed by atoms with Crippen molar-refractivity contribution in [2.45, 2.75) is 32.9 Å². The number of carbonyl (C=O) groups excluding carboxylic acids is 1. The quantitative estimate of drug-likeness (QED) is 0.524. The van der Waals surface area contributed by atoms with Gasteiger partial charge in [-0.05, 0) is 38.1 Å². The molecule has 0 saturated carbocycles. The summed E-state index contributed by atoms with van der Waals surface area (Å²) < 4.78 is 13.7. The Kier molecular flexibility index (Phi) is 6.00. The van der Waals surface area contributed by atoms with Crippen molar-refractivity contribution in [1.82, 2.24) is 9.78 Å². The van der Waals surface area contributed by atoms with E-state index in [1.807, 2.05) is 22.9 Å². The molecular formula is C21H20BrN3O3. The Balaban J connectivity index is 1.98. The van der Waals surface area contributed by atoms with Gasteiger partial charge in [0.15, 0.2) is 0 Å². The first-order chi connectivity index (χ1) is 13.4. The maximum atomic E-state index is 11.7. The zero-order chi connectivity index (χ0) is 20.3. The van der Waals surface area contributed by atoms with Crippen molar-refractivity contribution in [3.8, 4) is 11.8 Å². The smallest absolute Gasteiger partial charge is 0.310 e. The second-order valence-corrected chi connectivity index (χ2v) is 7.51. The lowest BCUT2D eigenvalue weighted by molar-refractivity contribution is -0.139. The molecule has 144 valence electrons. The van der Waals surface area contributed by atoms with Crippen molar-refractivity contribution in [3.63, 3.8) is 0 Å². The fourth-order valence-corrected chi connectivity index (χ4v) is 3.39. The largest absolute Gasteiger partial charge is 0.486 e. The summed E-state index contributed by atoms with van der Waals surface area (Å²) in [5.74, 6) is -0.00366. The average Bonchev–Trinajstić information content (AvgIpc) is 3.04. The number of esters is 1. The van der Waals surface area contributed by atoms with Gasteiger partial charge >= 0.3 is 5.97 Å². The van der Waals surface area contributed by atoms with Gasteiger partial charge < -0.3 is 9.47 Å². The molecule has 7 heteroatoms. The van der Waals surface area contributed by atoms with E-state index < -0.39 is 5.97 Å². The van der Waals surface area contributed by atoms with E-state index in [1.165, 1.54) is 7.11 Å². The fraction of sp³-hybridized carbons (Fsp3) is 0.286. The number of halogens is 1. The molecule has 0 atom stereocenters. The molecule has 6 nitrogen and oxygen atoms in total. The Morgan fingerprint density at radius 3 is 2.79 bits per heavy atom. The van der Waals surface area contributed by atoms with Crippen LogP contribution in [0.4, 0.5) is 0 Å². The van der Waals surface area contributed by atoms with Gasteiger partial charge in [0, 0.05) is 21.5 Å². The molecule has 0 N–H and O–H groups in total. The van der Waals surface area contributed by atoms with Crippen molar-refractivity contribution in [2.24, 2.45) is 0 Å². The van der Waals surface area contributed by atoms with E-state index in [1.54, 1.807) is 18.2 Å². The lowest BCUT2D eigenvalue weighted by Gasteiger charge is -2.12. The van der Waals surface area contributed by atoms with Crippen molar-refractivity contribution >= 4 is 32.8 Å². The Labute approximate surface area is 171 Å². The van der Waals surface area contributed by atoms with Crippen LogP contribution < -0.4 is 4.74 Å². The first-order valence-electron chi connectivity index (χ1n) is 8.82. The summed E-state index contributed by atoms with van der Waals surface area (Å²) in [4.78, 5) is 11.7. The number of ether oxygens (including phenoxy) is 2. The second kappa shape index (κ2) is 8.44. The minimum absolute atomic E-state index is 0.0358. The van der Waals surface area contributed by atoms with Crippen LogP contribution in [-0.2, 0) is 22.6 Å². The minimum atomic E-state index is -0.390. The molecule has 2 aromatic carbocycles. The predicted molar refractivity (Wildman–Crippen MR) is 109 cm³/mol. The highest BCUT2D eigenvalue weighted by molar-refractivity contribution is 9.10. The number of aromatic nitrogens is 2. The van der Waals surface area contributed by atoms with Crippen LogP contribution in [0.5, 0.6) is 5.75 Å². The van der Waals surface area contributed by atoms with Crippen LogP contribution in [0.25, 0.3) is 10.9 Å². The lowest BCUT2D eigenvalue weighted by Crippen LogP contribution is -2.08. The van der Waals surface area contributed by atoms with Gasteiger partial charge in [0.25, 0.3) is 0 Å². The van der Waals surface area contributed by atoms with Crippen LogP contribution in [-0.4, -0.2) is 22.9 Å². The van der Waals surface area contributed by atoms with Crippen LogP contribution in [0.3, 0.4) is 0 Å². The molecule has 0 spiro atoms. The zero-order valence-electron chi connectivity index (χ0n) is 15.9. The molecule has 1 aromatic heterocycles. The van der Waals surface area contributed by atoms with Gasteiger partial charge in [0.05, 0.1) is 24.6 Å². The highest BCUT2D eigenvalue weighted by Crippen LogP contribution is 2.29. The number of fused-ring (bicyclic) bond motifs is 1. The van der Waals surface area contributed by atoms with Gasteiger partial charge in [-0.2, -0.15) is 10.4 Å². The summed E-state index contributed by atoms with van der Waals surface area (Å²) in [6, 6.07) is 13.5. The molecule has 0 aliphatic heterocycles. The summed E-state index contributed by atoms with van der Waals surface area (Å²) in [6.07, 6.45) is 0.0358. The molecule has 3 aromatic rings. The summed E-state index contributed by atoms with van der Waals surface area (Å²) in [5.41, 5.74) is 2.76. The number of nitrogens with zero attached hydrogens (tertiary/aromatic N) is 3. The summed E-state index contributed by atoms with van der Waals surface area (Å²) >= 11 is 3.51. The van der Waals surface area contributed by atoms with Gasteiger partial charge in [0.1, 0.15) is 24.1 Å². The predicted octanol–water partition coefficient (Wildman–Crippen LogP) is 4.55. The van der Waals surface area contributed by atoms with E-state index in [-0.39, 0.29) is 19.1 Å². The SMILES string of the molecule is COC(=O)Cc1cccc(C#N)c1OCc1nn(C(C)C)c2ccc(Br)cc12. The molecule has 0 saturated heterocycles. The number of methoxy groups -OCH3 is 1. The van der Waals surface area contributed by atoms with Gasteiger partial charge in [-0.1, -0.05) is 28.1 Å². The number of rotatable bonds is 6. The van der Waals surface area contributed by atoms with Gasteiger partial charge in [-0.25, -0.2) is 0 Å². The van der Waals surface area contributed by atoms with Crippen LogP contribution in [0.2, 0.25) is 0 Å². The van der Waals surface area contributed by atoms with Crippen LogP contribution in [0.1, 0.15) is 36.7 Å². The van der Waals surface area contributed by atoms with E-state index >= 15 is 0 Å². The maximum Gasteiger partial charge on any atom is 0.310 e. The second-order valence-electron chi connectivity index (χ2n) is 6.59. The van der Waals surface area contributed by atoms with Crippen molar-refractivity contribution in [2.75, 3.05) is 7.11 Å². The van der Waals surface area contributed by atoms with Crippen LogP contribution >= 0.6 is 15.9 Å². The van der Waals surface area contributed by atoms with E-state index in [4.69, 9.17) is 14.6 Å². The molecule has 3 rings (SSSR count). The maximum absolute atomic E-state index is 11.7. The van der Waals surface area contributed by atoms with Gasteiger partial charge in [0.2, 0.25) is 0 Å². The normalized spacial score (nSPS) is 10.9. The third-order valence-electron chi connectivity index (χ3n) is 4.37. The molecule has 0 aliphatic carbocycles. The van der Waals surface area contributed by atoms with Crippen molar-refractivity contribution < 1.29 is 14.3 Å². The number of hydrogen-bond donors (Lipinski definition) is 0. The average molecular weight is 442 g/mol. The van der Waals surface area contributed by atoms with E-state index in [9.17, 15) is 10.1 Å². The Bertz CT molecular complexity index is 1070. The monoisotopic (exact) mass is 441 g/mol. The first-order valence-corrected chi connectivity index (χ1v) is 9.62. The van der Waals surface area contributed by atoms with E-state index in [0.717, 1.165) is 21.1 Å². The van der Waals surface area contributed by atoms with E-state index in [2.05, 4.69) is 35.8 Å². The Morgan fingerprint density at radius 1 is 1.32 bits per heavy atom. The molecule has 0 amide bonds. The highest BCUT2D eigenvalue weighted by atomic mass is 79.9. The van der Waals surface area contributed by atoms with Crippen molar-refractivity contribution in [1.29, 1.82) is 5.26 Å². The molecule has 0 bridgehead atoms. The molecule has 0 fully saturated rings. The Hall–Kier alpha value is -2.85. The molecule has 0 aliphatic rings. The molecular weight excluding hydrogens is 422 g/mol. The highest BCUT2D eigenvalue weighted by Gasteiger charge is 2.17. The lowest BCUT2D eigenvalue weighted by atomic mass is 10.1. The third-order valence-corrected chi connectivity index (χ3v) is 4.86. The zero-order valence-corrected chi connectivity index (χ0v) is 17.5. The number of hydrogen-bond acceptors (Lipinski definition) is 5. The molecule has 1 heterocycles. The Morgan fingerprint density at radius 2 is 2.11 bits per heavy atom. The number of nitriles is 1. The third kappa shape index (κ3) is 4.02. The number of para-hydroxylation sites is 1. The van der Waals surface area contributed by atoms with Crippen molar-refractivity contribution in [3.05, 3.63) is 57.7 Å². The topological polar surface area (TPSA) is 77.1 Å². The van der Waals surface area contributed by atoms with Gasteiger partial charge in [-0.3, -0.25) is 9.48 Å². The standard InChI is InChI=1S/C21H20BrN3O3/c1-13(2)25-19-8-7-16(22)10-17(19)18(24-25)12-28-21-14(9-20(26)27-3)5-4-6-15(21)11-23/h4-8,10,13H,9,12H2,1-3H3. The number of carbonyl (C=O) groups is 1. The molecule has 0 radical (unpaired) electrons. The minimum Gasteiger partial charge on any atom is -0.486 e. The summed E-state index contributed by atoms with van der Waals surface area (Å²) in [6.45, 7) is 4.32. The fourth-order valence-electron chi connectivity index (χ4n) is 3.03. The summed E-state index contributed by atoms with van der Waals surface area (Å²) in [5, 5.41) is 15.1. The number of benzene rings is 2. The van der Waals surface area contributed by atoms with Gasteiger partial charge in [-0.15, -0.1) is 0 Å². The molecule has 28 heavy (non-hydrogen) atoms. The van der Waals surface area contributed by atoms with Crippen LogP contribution in [0, 0.1) is 11.3 Å². The van der Waals surface area contributed by atoms with Crippen LogP contribution in [0.15, 0.2) is 40.9 Å². The first kappa shape index (κ1) is 19.9.